The first-order chi connectivity index (χ1) is 10.2. The third kappa shape index (κ3) is 4.55. The first-order valence-electron chi connectivity index (χ1n) is 6.60. The molecule has 0 saturated heterocycles. The third-order valence-electron chi connectivity index (χ3n) is 3.37. The van der Waals surface area contributed by atoms with Gasteiger partial charge >= 0.3 is 37.9 Å². The topological polar surface area (TPSA) is 0 Å². The van der Waals surface area contributed by atoms with Crippen LogP contribution in [0.2, 0.25) is 0 Å². The van der Waals surface area contributed by atoms with Gasteiger partial charge in [-0.15, -0.1) is 0 Å². The standard InChI is InChI=1S/C17H14Br.2ClH.Zr/c1-2-12-10-14-4-3-5-16(17(14)11-12)13-6-8-15(18)9-7-13;;;/h3-11H,2H2,1H3;2*1H;/q;;;+2/p-2. The van der Waals surface area contributed by atoms with E-state index in [1.54, 1.807) is 0 Å². The zero-order valence-corrected chi connectivity index (χ0v) is 17.1. The van der Waals surface area contributed by atoms with Crippen molar-refractivity contribution in [2.24, 2.45) is 0 Å². The Morgan fingerprint density at radius 2 is 1.71 bits per heavy atom. The number of hydrogen-bond acceptors (Lipinski definition) is 0. The van der Waals surface area contributed by atoms with Gasteiger partial charge in [-0.3, -0.25) is 0 Å². The molecule has 2 aromatic carbocycles. The molecule has 0 heterocycles. The van der Waals surface area contributed by atoms with E-state index in [2.05, 4.69) is 77.8 Å². The Balaban J connectivity index is 0.000000497. The second-order valence-electron chi connectivity index (χ2n) is 4.60. The zero-order chi connectivity index (χ0) is 15.2. The quantitative estimate of drug-likeness (QED) is 0.460. The van der Waals surface area contributed by atoms with E-state index < -0.39 is 20.8 Å². The SMILES string of the molecule is CCC1=Cc2c(cccc2-c2ccc(Br)cc2)[CH]1.[Cl][Zr][Cl]. The molecule has 0 atom stereocenters. The second-order valence-corrected chi connectivity index (χ2v) is 9.25. The van der Waals surface area contributed by atoms with Gasteiger partial charge in [0, 0.05) is 10.9 Å². The van der Waals surface area contributed by atoms with Crippen LogP contribution in [0, 0.1) is 6.42 Å². The van der Waals surface area contributed by atoms with E-state index in [0.717, 1.165) is 10.9 Å². The fourth-order valence-electron chi connectivity index (χ4n) is 2.38. The molecule has 107 valence electrons. The summed E-state index contributed by atoms with van der Waals surface area (Å²) in [5.41, 5.74) is 6.70. The first kappa shape index (κ1) is 17.5. The van der Waals surface area contributed by atoms with Gasteiger partial charge in [0.1, 0.15) is 0 Å². The molecule has 0 aromatic heterocycles. The van der Waals surface area contributed by atoms with Crippen LogP contribution < -0.4 is 0 Å². The minimum absolute atomic E-state index is 0.826. The molecule has 0 saturated carbocycles. The van der Waals surface area contributed by atoms with Crippen molar-refractivity contribution in [3.63, 3.8) is 0 Å². The summed E-state index contributed by atoms with van der Waals surface area (Å²) in [4.78, 5) is 0. The van der Waals surface area contributed by atoms with Gasteiger partial charge in [0.2, 0.25) is 0 Å². The Kier molecular flexibility index (Phi) is 7.22. The van der Waals surface area contributed by atoms with Crippen LogP contribution in [0.5, 0.6) is 0 Å². The van der Waals surface area contributed by atoms with E-state index in [-0.39, 0.29) is 0 Å². The van der Waals surface area contributed by atoms with Gasteiger partial charge in [-0.2, -0.15) is 0 Å². The molecule has 0 bridgehead atoms. The molecule has 21 heavy (non-hydrogen) atoms. The number of rotatable bonds is 2. The molecule has 1 aliphatic rings. The molecule has 0 unspecified atom stereocenters. The zero-order valence-electron chi connectivity index (χ0n) is 11.5. The molecule has 0 aliphatic heterocycles. The van der Waals surface area contributed by atoms with Crippen molar-refractivity contribution in [2.45, 2.75) is 13.3 Å². The van der Waals surface area contributed by atoms with Crippen LogP contribution in [0.25, 0.3) is 17.2 Å². The van der Waals surface area contributed by atoms with Gasteiger partial charge < -0.3 is 0 Å². The maximum absolute atomic E-state index is 4.93. The molecule has 0 spiro atoms. The number of halogens is 3. The summed E-state index contributed by atoms with van der Waals surface area (Å²) < 4.78 is 1.12. The van der Waals surface area contributed by atoms with Crippen LogP contribution >= 0.6 is 33.0 Å². The van der Waals surface area contributed by atoms with Crippen molar-refractivity contribution in [2.75, 3.05) is 0 Å². The van der Waals surface area contributed by atoms with Crippen molar-refractivity contribution < 1.29 is 20.8 Å². The molecule has 0 nitrogen and oxygen atoms in total. The molecule has 1 aliphatic carbocycles. The molecule has 1 radical (unpaired) electrons. The van der Waals surface area contributed by atoms with Crippen molar-refractivity contribution in [3.8, 4) is 11.1 Å². The Morgan fingerprint density at radius 3 is 2.33 bits per heavy atom. The minimum atomic E-state index is -0.826. The van der Waals surface area contributed by atoms with E-state index in [1.165, 1.54) is 27.8 Å². The maximum atomic E-state index is 4.93. The molecular formula is C17H14BrCl2Zr. The van der Waals surface area contributed by atoms with Crippen LogP contribution in [-0.4, -0.2) is 0 Å². The Bertz CT molecular complexity index is 636. The molecule has 0 amide bonds. The normalized spacial score (nSPS) is 12.1. The van der Waals surface area contributed by atoms with E-state index in [0.29, 0.717) is 0 Å². The average molecular weight is 460 g/mol. The first-order valence-corrected chi connectivity index (χ1v) is 13.7. The summed E-state index contributed by atoms with van der Waals surface area (Å²) in [7, 11) is 9.87. The fraction of sp³-hybridized carbons (Fsp3) is 0.118. The van der Waals surface area contributed by atoms with Crippen molar-refractivity contribution in [3.05, 3.63) is 70.1 Å². The van der Waals surface area contributed by atoms with Gasteiger partial charge in [-0.1, -0.05) is 64.8 Å². The van der Waals surface area contributed by atoms with Crippen LogP contribution in [0.15, 0.2) is 52.5 Å². The van der Waals surface area contributed by atoms with E-state index >= 15 is 0 Å². The molecule has 0 fully saturated rings. The van der Waals surface area contributed by atoms with Crippen LogP contribution in [0.3, 0.4) is 0 Å². The van der Waals surface area contributed by atoms with Crippen LogP contribution in [0.4, 0.5) is 0 Å². The monoisotopic (exact) mass is 457 g/mol. The fourth-order valence-corrected chi connectivity index (χ4v) is 2.65. The van der Waals surface area contributed by atoms with Crippen LogP contribution in [-0.2, 0) is 20.8 Å². The molecule has 3 rings (SSSR count). The summed E-state index contributed by atoms with van der Waals surface area (Å²) >= 11 is 2.66. The van der Waals surface area contributed by atoms with Gasteiger partial charge in [0.15, 0.2) is 0 Å². The van der Waals surface area contributed by atoms with E-state index in [1.807, 2.05) is 0 Å². The van der Waals surface area contributed by atoms with Crippen molar-refractivity contribution in [1.82, 2.24) is 0 Å². The average Bonchev–Trinajstić information content (AvgIpc) is 2.92. The molecule has 4 heteroatoms. The molecule has 2 aromatic rings. The summed E-state index contributed by atoms with van der Waals surface area (Å²) in [5, 5.41) is 0. The number of hydrogen-bond donors (Lipinski definition) is 0. The number of allylic oxidation sites excluding steroid dienone is 1. The van der Waals surface area contributed by atoms with Gasteiger partial charge in [0.05, 0.1) is 0 Å². The van der Waals surface area contributed by atoms with Gasteiger partial charge in [-0.25, -0.2) is 0 Å². The van der Waals surface area contributed by atoms with Crippen LogP contribution in [0.1, 0.15) is 24.5 Å². The van der Waals surface area contributed by atoms with Gasteiger partial charge in [0.25, 0.3) is 0 Å². The molecular weight excluding hydrogens is 446 g/mol. The summed E-state index contributed by atoms with van der Waals surface area (Å²) in [6.07, 6.45) is 5.69. The number of fused-ring (bicyclic) bond motifs is 1. The third-order valence-corrected chi connectivity index (χ3v) is 3.90. The Morgan fingerprint density at radius 1 is 1.05 bits per heavy atom. The summed E-state index contributed by atoms with van der Waals surface area (Å²) in [6, 6.07) is 15.0. The summed E-state index contributed by atoms with van der Waals surface area (Å²) in [6.45, 7) is 2.20. The van der Waals surface area contributed by atoms with Crippen molar-refractivity contribution >= 4 is 39.0 Å². The molecule has 0 N–H and O–H groups in total. The Hall–Kier alpha value is 0.123. The predicted octanol–water partition coefficient (Wildman–Crippen LogP) is 6.85. The van der Waals surface area contributed by atoms with Gasteiger partial charge in [-0.05, 0) is 40.8 Å². The summed E-state index contributed by atoms with van der Waals surface area (Å²) in [5.74, 6) is 0. The second kappa shape index (κ2) is 8.68. The van der Waals surface area contributed by atoms with E-state index in [4.69, 9.17) is 17.0 Å². The van der Waals surface area contributed by atoms with Crippen molar-refractivity contribution in [1.29, 1.82) is 0 Å². The Labute approximate surface area is 153 Å². The van der Waals surface area contributed by atoms with E-state index in [9.17, 15) is 0 Å². The number of benzene rings is 2. The predicted molar refractivity (Wildman–Crippen MR) is 93.0 cm³/mol.